The summed E-state index contributed by atoms with van der Waals surface area (Å²) in [5, 5.41) is 20.1. The van der Waals surface area contributed by atoms with Crippen LogP contribution in [0, 0.1) is 12.3 Å². The summed E-state index contributed by atoms with van der Waals surface area (Å²) >= 11 is 0. The van der Waals surface area contributed by atoms with Crippen molar-refractivity contribution < 1.29 is 18.4 Å². The molecular formula is C19H17N4O4S+. The van der Waals surface area contributed by atoms with Gasteiger partial charge in [-0.05, 0) is 11.6 Å². The summed E-state index contributed by atoms with van der Waals surface area (Å²) in [7, 11) is -2.89. The second-order valence-corrected chi connectivity index (χ2v) is 7.61. The van der Waals surface area contributed by atoms with Crippen LogP contribution in [0.25, 0.3) is 22.4 Å². The van der Waals surface area contributed by atoms with E-state index in [0.29, 0.717) is 11.1 Å². The van der Waals surface area contributed by atoms with Crippen molar-refractivity contribution in [3.05, 3.63) is 60.8 Å². The summed E-state index contributed by atoms with van der Waals surface area (Å²) in [6.07, 6.45) is 6.55. The Morgan fingerprint density at radius 2 is 1.75 bits per heavy atom. The SMILES string of the molecule is C#CC(=O)[N+](C)(O)n1cc(-c2ccccc2)c(-c2ccccc2S(N)(=O)=O)n1. The number of rotatable bonds is 4. The molecule has 3 aromatic rings. The van der Waals surface area contributed by atoms with E-state index in [4.69, 9.17) is 11.6 Å². The highest BCUT2D eigenvalue weighted by atomic mass is 32.2. The third-order valence-electron chi connectivity index (χ3n) is 4.14. The lowest BCUT2D eigenvalue weighted by molar-refractivity contribution is -0.183. The maximum atomic E-state index is 12.0. The molecule has 8 nitrogen and oxygen atoms in total. The summed E-state index contributed by atoms with van der Waals surface area (Å²) < 4.78 is 22.7. The molecule has 3 N–H and O–H groups in total. The number of amides is 1. The predicted octanol–water partition coefficient (Wildman–Crippen LogP) is 1.48. The average Bonchev–Trinajstić information content (AvgIpc) is 3.13. The minimum atomic E-state index is -4.04. The highest BCUT2D eigenvalue weighted by Gasteiger charge is 2.35. The molecular weight excluding hydrogens is 380 g/mol. The van der Waals surface area contributed by atoms with Crippen molar-refractivity contribution in [3.8, 4) is 34.7 Å². The van der Waals surface area contributed by atoms with Crippen LogP contribution < -0.4 is 9.89 Å². The Labute approximate surface area is 162 Å². The number of hydroxylamine groups is 2. The predicted molar refractivity (Wildman–Crippen MR) is 104 cm³/mol. The fraction of sp³-hybridized carbons (Fsp3) is 0.0526. The summed E-state index contributed by atoms with van der Waals surface area (Å²) in [5.41, 5.74) is 1.64. The van der Waals surface area contributed by atoms with Crippen LogP contribution in [0.2, 0.25) is 0 Å². The van der Waals surface area contributed by atoms with Gasteiger partial charge in [-0.15, -0.1) is 11.5 Å². The number of terminal acetylenes is 1. The number of benzene rings is 2. The Morgan fingerprint density at radius 3 is 2.36 bits per heavy atom. The molecule has 1 heterocycles. The van der Waals surface area contributed by atoms with Crippen molar-refractivity contribution in [1.82, 2.24) is 14.6 Å². The number of hydrogen-bond acceptors (Lipinski definition) is 5. The lowest BCUT2D eigenvalue weighted by Gasteiger charge is -2.18. The van der Waals surface area contributed by atoms with Gasteiger partial charge >= 0.3 is 5.91 Å². The van der Waals surface area contributed by atoms with E-state index in [0.717, 1.165) is 11.8 Å². The van der Waals surface area contributed by atoms with Gasteiger partial charge in [0, 0.05) is 21.8 Å². The molecule has 0 fully saturated rings. The summed E-state index contributed by atoms with van der Waals surface area (Å²) in [4.78, 5) is 12.8. The van der Waals surface area contributed by atoms with Crippen LogP contribution in [0.15, 0.2) is 65.7 Å². The Kier molecular flexibility index (Phi) is 4.89. The molecule has 0 aliphatic rings. The van der Waals surface area contributed by atoms with Crippen LogP contribution >= 0.6 is 0 Å². The molecule has 9 heteroatoms. The molecule has 1 unspecified atom stereocenters. The zero-order chi connectivity index (χ0) is 20.5. The molecule has 0 saturated heterocycles. The zero-order valence-corrected chi connectivity index (χ0v) is 15.7. The third kappa shape index (κ3) is 3.45. The number of aromatic nitrogens is 2. The van der Waals surface area contributed by atoms with Crippen LogP contribution in [-0.4, -0.2) is 36.5 Å². The van der Waals surface area contributed by atoms with Crippen LogP contribution in [0.3, 0.4) is 0 Å². The first-order valence-electron chi connectivity index (χ1n) is 8.05. The average molecular weight is 397 g/mol. The number of quaternary nitrogens is 1. The van der Waals surface area contributed by atoms with Crippen LogP contribution in [0.5, 0.6) is 0 Å². The van der Waals surface area contributed by atoms with Gasteiger partial charge in [0.1, 0.15) is 12.7 Å². The molecule has 142 valence electrons. The number of sulfonamides is 1. The molecule has 0 aliphatic heterocycles. The monoisotopic (exact) mass is 397 g/mol. The van der Waals surface area contributed by atoms with Crippen molar-refractivity contribution in [3.63, 3.8) is 0 Å². The van der Waals surface area contributed by atoms with Gasteiger partial charge < -0.3 is 0 Å². The Balaban J connectivity index is 2.34. The van der Waals surface area contributed by atoms with Gasteiger partial charge in [0.05, 0.1) is 11.1 Å². The Bertz CT molecular complexity index is 1190. The van der Waals surface area contributed by atoms with Gasteiger partial charge in [-0.2, -0.15) is 5.21 Å². The molecule has 1 amide bonds. The summed E-state index contributed by atoms with van der Waals surface area (Å²) in [6.45, 7) is 0. The highest BCUT2D eigenvalue weighted by Crippen LogP contribution is 2.34. The van der Waals surface area contributed by atoms with E-state index in [1.54, 1.807) is 36.4 Å². The molecule has 3 rings (SSSR count). The van der Waals surface area contributed by atoms with Crippen LogP contribution in [0.4, 0.5) is 0 Å². The first-order chi connectivity index (χ1) is 13.2. The standard InChI is InChI=1S/C19H17N4O4S/c1-3-18(24)23(2,25)22-13-16(14-9-5-4-6-10-14)19(21-22)15-11-7-8-12-17(15)28(20,26)27/h1,4-13,25H,2H3,(H2,20,26,27)/q+1. The normalized spacial score (nSPS) is 13.5. The minimum absolute atomic E-state index is 0.132. The lowest BCUT2D eigenvalue weighted by Crippen LogP contribution is -2.56. The first-order valence-corrected chi connectivity index (χ1v) is 9.59. The van der Waals surface area contributed by atoms with Crippen molar-refractivity contribution in [2.75, 3.05) is 7.05 Å². The maximum Gasteiger partial charge on any atom is 0.450 e. The minimum Gasteiger partial charge on any atom is -0.225 e. The molecule has 1 aromatic heterocycles. The summed E-state index contributed by atoms with van der Waals surface area (Å²) in [5.74, 6) is 0.904. The highest BCUT2D eigenvalue weighted by molar-refractivity contribution is 7.89. The van der Waals surface area contributed by atoms with E-state index >= 15 is 0 Å². The number of primary sulfonamides is 1. The van der Waals surface area contributed by atoms with Crippen LogP contribution in [0.1, 0.15) is 0 Å². The molecule has 2 aromatic carbocycles. The second kappa shape index (κ2) is 7.03. The lowest BCUT2D eigenvalue weighted by atomic mass is 10.0. The molecule has 28 heavy (non-hydrogen) atoms. The van der Waals surface area contributed by atoms with Gasteiger partial charge in [-0.25, -0.2) is 18.4 Å². The van der Waals surface area contributed by atoms with Gasteiger partial charge in [-0.1, -0.05) is 53.3 Å². The van der Waals surface area contributed by atoms with Crippen molar-refractivity contribution >= 4 is 15.9 Å². The Morgan fingerprint density at radius 1 is 1.14 bits per heavy atom. The van der Waals surface area contributed by atoms with E-state index in [9.17, 15) is 18.4 Å². The molecule has 0 radical (unpaired) electrons. The van der Waals surface area contributed by atoms with E-state index in [2.05, 4.69) is 5.10 Å². The number of nitrogens with two attached hydrogens (primary N) is 1. The first kappa shape index (κ1) is 19.5. The second-order valence-electron chi connectivity index (χ2n) is 6.08. The van der Waals surface area contributed by atoms with E-state index < -0.39 is 20.7 Å². The molecule has 0 saturated carbocycles. The molecule has 1 atom stereocenters. The number of nitrogens with zero attached hydrogens (tertiary/aromatic N) is 3. The maximum absolute atomic E-state index is 12.0. The van der Waals surface area contributed by atoms with Gasteiger partial charge in [0.2, 0.25) is 10.0 Å². The summed E-state index contributed by atoms with van der Waals surface area (Å²) in [6, 6.07) is 15.1. The smallest absolute Gasteiger partial charge is 0.225 e. The quantitative estimate of drug-likeness (QED) is 0.299. The fourth-order valence-electron chi connectivity index (χ4n) is 2.71. The van der Waals surface area contributed by atoms with E-state index in [1.165, 1.54) is 18.3 Å². The molecule has 0 spiro atoms. The van der Waals surface area contributed by atoms with Crippen molar-refractivity contribution in [2.45, 2.75) is 4.90 Å². The fourth-order valence-corrected chi connectivity index (χ4v) is 3.45. The van der Waals surface area contributed by atoms with E-state index in [1.807, 2.05) is 12.0 Å². The molecule has 0 aliphatic carbocycles. The van der Waals surface area contributed by atoms with Crippen molar-refractivity contribution in [2.24, 2.45) is 5.14 Å². The number of hydrogen-bond donors (Lipinski definition) is 2. The van der Waals surface area contributed by atoms with Crippen molar-refractivity contribution in [1.29, 1.82) is 0 Å². The topological polar surface area (TPSA) is 115 Å². The zero-order valence-electron chi connectivity index (χ0n) is 14.9. The van der Waals surface area contributed by atoms with Gasteiger partial charge in [0.25, 0.3) is 0 Å². The Hall–Kier alpha value is -3.29. The van der Waals surface area contributed by atoms with E-state index in [-0.39, 0.29) is 16.2 Å². The number of carbonyl (C=O) groups is 1. The van der Waals surface area contributed by atoms with Gasteiger partial charge in [-0.3, -0.25) is 0 Å². The largest absolute Gasteiger partial charge is 0.450 e. The molecule has 0 bridgehead atoms. The van der Waals surface area contributed by atoms with Crippen LogP contribution in [-0.2, 0) is 14.8 Å². The van der Waals surface area contributed by atoms with Gasteiger partial charge in [0.15, 0.2) is 0 Å². The third-order valence-corrected chi connectivity index (χ3v) is 5.11. The number of carbonyl (C=O) groups excluding carboxylic acids is 1.